The van der Waals surface area contributed by atoms with Crippen LogP contribution in [0.5, 0.6) is 0 Å². The monoisotopic (exact) mass is 278 g/mol. The van der Waals surface area contributed by atoms with Crippen LogP contribution in [0.2, 0.25) is 0 Å². The minimum Gasteiger partial charge on any atom is -0.311 e. The first-order valence-electron chi connectivity index (χ1n) is 6.61. The second-order valence-corrected chi connectivity index (χ2v) is 6.60. The predicted molar refractivity (Wildman–Crippen MR) is 80.4 cm³/mol. The molecule has 2 aromatic rings. The molecule has 0 unspecified atom stereocenters. The summed E-state index contributed by atoms with van der Waals surface area (Å²) >= 11 is 1.69. The molecule has 0 bridgehead atoms. The van der Waals surface area contributed by atoms with Crippen LogP contribution in [-0.4, -0.2) is 21.3 Å². The summed E-state index contributed by atoms with van der Waals surface area (Å²) in [6, 6.07) is 0. The van der Waals surface area contributed by atoms with Gasteiger partial charge in [0, 0.05) is 30.6 Å². The average Bonchev–Trinajstić information content (AvgIpc) is 2.91. The van der Waals surface area contributed by atoms with Crippen LogP contribution in [0.3, 0.4) is 0 Å². The zero-order chi connectivity index (χ0) is 14.0. The molecule has 19 heavy (non-hydrogen) atoms. The van der Waals surface area contributed by atoms with Crippen molar-refractivity contribution in [3.63, 3.8) is 0 Å². The van der Waals surface area contributed by atoms with Crippen LogP contribution in [0.15, 0.2) is 11.6 Å². The lowest BCUT2D eigenvalue weighted by Crippen LogP contribution is -2.14. The van der Waals surface area contributed by atoms with E-state index < -0.39 is 0 Å². The van der Waals surface area contributed by atoms with Crippen LogP contribution in [-0.2, 0) is 19.0 Å². The van der Waals surface area contributed by atoms with Crippen LogP contribution in [0, 0.1) is 0 Å². The second kappa shape index (κ2) is 5.43. The van der Waals surface area contributed by atoms with Gasteiger partial charge in [-0.15, -0.1) is 11.3 Å². The molecule has 0 fully saturated rings. The van der Waals surface area contributed by atoms with E-state index in [-0.39, 0.29) is 5.41 Å². The molecule has 0 aliphatic heterocycles. The summed E-state index contributed by atoms with van der Waals surface area (Å²) in [5.41, 5.74) is 3.40. The van der Waals surface area contributed by atoms with Gasteiger partial charge >= 0.3 is 0 Å². The van der Waals surface area contributed by atoms with Crippen LogP contribution in [0.4, 0.5) is 0 Å². The van der Waals surface area contributed by atoms with Gasteiger partial charge in [0.15, 0.2) is 0 Å². The van der Waals surface area contributed by atoms with E-state index in [0.717, 1.165) is 35.0 Å². The first kappa shape index (κ1) is 14.2. The molecule has 0 aromatic carbocycles. The Labute approximate surface area is 118 Å². The fraction of sp³-hybridized carbons (Fsp3) is 0.571. The van der Waals surface area contributed by atoms with E-state index >= 15 is 0 Å². The van der Waals surface area contributed by atoms with Gasteiger partial charge in [-0.05, 0) is 6.54 Å². The Morgan fingerprint density at radius 3 is 2.74 bits per heavy atom. The summed E-state index contributed by atoms with van der Waals surface area (Å²) in [6.07, 6.45) is 2.07. The van der Waals surface area contributed by atoms with Gasteiger partial charge in [-0.2, -0.15) is 5.10 Å². The molecule has 0 aliphatic carbocycles. The van der Waals surface area contributed by atoms with Crippen molar-refractivity contribution in [2.75, 3.05) is 6.54 Å². The minimum atomic E-state index is 0.0318. The molecule has 5 heteroatoms. The predicted octanol–water partition coefficient (Wildman–Crippen LogP) is 2.95. The highest BCUT2D eigenvalue weighted by molar-refractivity contribution is 7.13. The maximum atomic E-state index is 4.71. The van der Waals surface area contributed by atoms with Gasteiger partial charge in [0.2, 0.25) is 0 Å². The lowest BCUT2D eigenvalue weighted by Gasteiger charge is -2.16. The number of hydrogen-bond donors (Lipinski definition) is 1. The van der Waals surface area contributed by atoms with Gasteiger partial charge in [0.05, 0.1) is 17.0 Å². The van der Waals surface area contributed by atoms with E-state index in [4.69, 9.17) is 4.98 Å². The van der Waals surface area contributed by atoms with E-state index in [1.165, 1.54) is 0 Å². The fourth-order valence-corrected chi connectivity index (χ4v) is 2.79. The zero-order valence-corrected chi connectivity index (χ0v) is 13.1. The molecule has 0 saturated carbocycles. The molecule has 0 aliphatic rings. The minimum absolute atomic E-state index is 0.0318. The number of aromatic nitrogens is 3. The molecule has 0 saturated heterocycles. The number of nitrogens with zero attached hydrogens (tertiary/aromatic N) is 3. The van der Waals surface area contributed by atoms with Gasteiger partial charge in [-0.1, -0.05) is 27.7 Å². The number of aryl methyl sites for hydroxylation is 1. The number of nitrogens with one attached hydrogen (secondary N) is 1. The number of rotatable bonds is 4. The van der Waals surface area contributed by atoms with Crippen molar-refractivity contribution in [2.45, 2.75) is 39.7 Å². The van der Waals surface area contributed by atoms with E-state index in [9.17, 15) is 0 Å². The summed E-state index contributed by atoms with van der Waals surface area (Å²) in [4.78, 5) is 4.71. The Balaban J connectivity index is 2.34. The molecule has 1 N–H and O–H groups in total. The van der Waals surface area contributed by atoms with Crippen molar-refractivity contribution in [1.29, 1.82) is 0 Å². The van der Waals surface area contributed by atoms with Gasteiger partial charge in [0.1, 0.15) is 5.01 Å². The van der Waals surface area contributed by atoms with Crippen molar-refractivity contribution in [2.24, 2.45) is 7.05 Å². The zero-order valence-electron chi connectivity index (χ0n) is 12.3. The summed E-state index contributed by atoms with van der Waals surface area (Å²) in [6.45, 7) is 10.5. The first-order chi connectivity index (χ1) is 8.91. The van der Waals surface area contributed by atoms with Crippen molar-refractivity contribution < 1.29 is 0 Å². The molecular weight excluding hydrogens is 256 g/mol. The fourth-order valence-electron chi connectivity index (χ4n) is 1.96. The largest absolute Gasteiger partial charge is 0.311 e. The Morgan fingerprint density at radius 1 is 1.37 bits per heavy atom. The van der Waals surface area contributed by atoms with Gasteiger partial charge < -0.3 is 5.32 Å². The second-order valence-electron chi connectivity index (χ2n) is 5.74. The van der Waals surface area contributed by atoms with E-state index in [2.05, 4.69) is 49.7 Å². The van der Waals surface area contributed by atoms with E-state index in [1.807, 2.05) is 11.7 Å². The molecule has 0 radical (unpaired) electrons. The third kappa shape index (κ3) is 3.22. The highest BCUT2D eigenvalue weighted by atomic mass is 32.1. The highest BCUT2D eigenvalue weighted by Gasteiger charge is 2.24. The van der Waals surface area contributed by atoms with Crippen LogP contribution >= 0.6 is 11.3 Å². The smallest absolute Gasteiger partial charge is 0.127 e. The third-order valence-electron chi connectivity index (χ3n) is 2.88. The van der Waals surface area contributed by atoms with Gasteiger partial charge in [-0.3, -0.25) is 4.68 Å². The normalized spacial score (nSPS) is 12.1. The molecule has 2 aromatic heterocycles. The van der Waals surface area contributed by atoms with Crippen molar-refractivity contribution in [3.8, 4) is 10.6 Å². The maximum Gasteiger partial charge on any atom is 0.127 e. The lowest BCUT2D eigenvalue weighted by atomic mass is 9.90. The third-order valence-corrected chi connectivity index (χ3v) is 3.80. The topological polar surface area (TPSA) is 42.7 Å². The van der Waals surface area contributed by atoms with Crippen molar-refractivity contribution in [3.05, 3.63) is 23.0 Å². The van der Waals surface area contributed by atoms with E-state index in [0.29, 0.717) is 0 Å². The van der Waals surface area contributed by atoms with Crippen LogP contribution in [0.25, 0.3) is 10.6 Å². The lowest BCUT2D eigenvalue weighted by molar-refractivity contribution is 0.554. The summed E-state index contributed by atoms with van der Waals surface area (Å²) < 4.78 is 1.88. The average molecular weight is 278 g/mol. The number of thiazole rings is 1. The SMILES string of the molecule is CCNCc1csc(-c2cn(C)nc2C(C)(C)C)n1. The van der Waals surface area contributed by atoms with Crippen molar-refractivity contribution >= 4 is 11.3 Å². The molecule has 2 rings (SSSR count). The molecule has 104 valence electrons. The summed E-state index contributed by atoms with van der Waals surface area (Å²) in [5, 5.41) is 11.1. The highest BCUT2D eigenvalue weighted by Crippen LogP contribution is 2.33. The molecule has 4 nitrogen and oxygen atoms in total. The molecular formula is C14H22N4S. The molecule has 2 heterocycles. The van der Waals surface area contributed by atoms with E-state index in [1.54, 1.807) is 11.3 Å². The standard InChI is InChI=1S/C14H22N4S/c1-6-15-7-10-9-19-13(16-10)11-8-18(5)17-12(11)14(2,3)4/h8-9,15H,6-7H2,1-5H3. The molecule has 0 amide bonds. The Hall–Kier alpha value is -1.20. The Morgan fingerprint density at radius 2 is 2.11 bits per heavy atom. The quantitative estimate of drug-likeness (QED) is 0.935. The summed E-state index contributed by atoms with van der Waals surface area (Å²) in [7, 11) is 1.96. The van der Waals surface area contributed by atoms with Gasteiger partial charge in [-0.25, -0.2) is 4.98 Å². The van der Waals surface area contributed by atoms with Crippen molar-refractivity contribution in [1.82, 2.24) is 20.1 Å². The maximum absolute atomic E-state index is 4.71. The van der Waals surface area contributed by atoms with Gasteiger partial charge in [0.25, 0.3) is 0 Å². The Kier molecular flexibility index (Phi) is 4.06. The van der Waals surface area contributed by atoms with Crippen LogP contribution in [0.1, 0.15) is 39.1 Å². The summed E-state index contributed by atoms with van der Waals surface area (Å²) in [5.74, 6) is 0. The Bertz CT molecular complexity index is 548. The molecule has 0 spiro atoms. The first-order valence-corrected chi connectivity index (χ1v) is 7.49. The molecule has 0 atom stereocenters. The number of hydrogen-bond acceptors (Lipinski definition) is 4. The van der Waals surface area contributed by atoms with Crippen LogP contribution < -0.4 is 5.32 Å².